The molecule has 4 N–H and O–H groups in total. The van der Waals surface area contributed by atoms with Crippen LogP contribution in [0.5, 0.6) is 0 Å². The minimum Gasteiger partial charge on any atom is -0.366 e. The molecule has 1 rings (SSSR count). The lowest BCUT2D eigenvalue weighted by Gasteiger charge is -2.12. The van der Waals surface area contributed by atoms with E-state index >= 15 is 0 Å². The van der Waals surface area contributed by atoms with E-state index in [2.05, 4.69) is 10.6 Å². The van der Waals surface area contributed by atoms with Gasteiger partial charge in [-0.05, 0) is 24.4 Å². The summed E-state index contributed by atoms with van der Waals surface area (Å²) < 4.78 is 0. The van der Waals surface area contributed by atoms with Crippen LogP contribution < -0.4 is 16.4 Å². The zero-order valence-electron chi connectivity index (χ0n) is 10.2. The fraction of sp³-hybridized carbons (Fsp3) is 0.250. The minimum atomic E-state index is -0.559. The maximum Gasteiger partial charge on any atom is 0.250 e. The number of nitrogens with one attached hydrogen (secondary N) is 2. The Hall–Kier alpha value is -1.95. The second kappa shape index (κ2) is 6.11. The number of rotatable bonds is 3. The molecule has 0 heterocycles. The summed E-state index contributed by atoms with van der Waals surface area (Å²) in [5, 5.41) is 5.44. The molecule has 0 saturated heterocycles. The van der Waals surface area contributed by atoms with Crippen LogP contribution in [0.3, 0.4) is 0 Å². The van der Waals surface area contributed by atoms with Gasteiger partial charge < -0.3 is 16.4 Å². The van der Waals surface area contributed by atoms with E-state index in [1.165, 1.54) is 0 Å². The van der Waals surface area contributed by atoms with Crippen molar-refractivity contribution in [3.8, 4) is 0 Å². The third-order valence-corrected chi connectivity index (χ3v) is 2.41. The highest BCUT2D eigenvalue weighted by Gasteiger charge is 2.11. The molecule has 0 aromatic heterocycles. The van der Waals surface area contributed by atoms with E-state index in [1.54, 1.807) is 38.1 Å². The second-order valence-electron chi connectivity index (χ2n) is 4.01. The Morgan fingerprint density at radius 1 is 1.28 bits per heavy atom. The molecule has 0 aliphatic rings. The molecule has 0 unspecified atom stereocenters. The second-order valence-corrected chi connectivity index (χ2v) is 4.42. The maximum atomic E-state index is 11.4. The van der Waals surface area contributed by atoms with Crippen LogP contribution in [0, 0.1) is 5.92 Å². The van der Waals surface area contributed by atoms with E-state index in [1.807, 2.05) is 0 Å². The largest absolute Gasteiger partial charge is 0.366 e. The number of carbonyl (C=O) groups excluding carboxylic acids is 2. The van der Waals surface area contributed by atoms with Gasteiger partial charge in [0, 0.05) is 5.92 Å². The molecule has 0 bridgehead atoms. The fourth-order valence-corrected chi connectivity index (χ4v) is 1.43. The Kier molecular flexibility index (Phi) is 4.79. The predicted molar refractivity (Wildman–Crippen MR) is 74.2 cm³/mol. The number of amides is 2. The van der Waals surface area contributed by atoms with Gasteiger partial charge in [-0.2, -0.15) is 0 Å². The van der Waals surface area contributed by atoms with Crippen LogP contribution in [0.25, 0.3) is 0 Å². The van der Waals surface area contributed by atoms with E-state index < -0.39 is 5.91 Å². The molecule has 0 saturated carbocycles. The molecule has 0 spiro atoms. The van der Waals surface area contributed by atoms with Crippen LogP contribution >= 0.6 is 12.2 Å². The Labute approximate surface area is 111 Å². The van der Waals surface area contributed by atoms with Gasteiger partial charge in [0.25, 0.3) is 5.91 Å². The molecule has 1 aromatic carbocycles. The molecule has 2 amide bonds. The Bertz CT molecular complexity index is 486. The zero-order valence-corrected chi connectivity index (χ0v) is 11.0. The third-order valence-electron chi connectivity index (χ3n) is 2.20. The van der Waals surface area contributed by atoms with Gasteiger partial charge in [0.2, 0.25) is 5.91 Å². The number of hydrogen-bond acceptors (Lipinski definition) is 3. The number of primary amides is 1. The molecule has 96 valence electrons. The number of nitrogens with two attached hydrogens (primary N) is 1. The summed E-state index contributed by atoms with van der Waals surface area (Å²) in [5.41, 5.74) is 6.02. The summed E-state index contributed by atoms with van der Waals surface area (Å²) >= 11 is 4.98. The number of benzene rings is 1. The Morgan fingerprint density at radius 3 is 2.44 bits per heavy atom. The zero-order chi connectivity index (χ0) is 13.7. The molecule has 0 atom stereocenters. The smallest absolute Gasteiger partial charge is 0.250 e. The molecule has 0 aliphatic heterocycles. The molecule has 6 heteroatoms. The molecular weight excluding hydrogens is 250 g/mol. The summed E-state index contributed by atoms with van der Waals surface area (Å²) in [6.45, 7) is 3.52. The summed E-state index contributed by atoms with van der Waals surface area (Å²) in [4.78, 5) is 22.6. The summed E-state index contributed by atoms with van der Waals surface area (Å²) in [6, 6.07) is 6.67. The Morgan fingerprint density at radius 2 is 1.89 bits per heavy atom. The van der Waals surface area contributed by atoms with Gasteiger partial charge in [-0.15, -0.1) is 0 Å². The number of carbonyl (C=O) groups is 2. The van der Waals surface area contributed by atoms with Crippen LogP contribution in [0.2, 0.25) is 0 Å². The van der Waals surface area contributed by atoms with Crippen LogP contribution in [-0.4, -0.2) is 16.9 Å². The number of anilines is 1. The van der Waals surface area contributed by atoms with Crippen molar-refractivity contribution in [2.75, 3.05) is 5.32 Å². The van der Waals surface area contributed by atoms with E-state index in [0.717, 1.165) is 0 Å². The minimum absolute atomic E-state index is 0.141. The fourth-order valence-electron chi connectivity index (χ4n) is 1.22. The van der Waals surface area contributed by atoms with Gasteiger partial charge in [-0.1, -0.05) is 26.0 Å². The van der Waals surface area contributed by atoms with Crippen LogP contribution in [0.1, 0.15) is 24.2 Å². The van der Waals surface area contributed by atoms with Gasteiger partial charge >= 0.3 is 0 Å². The molecular formula is C12H15N3O2S. The first-order chi connectivity index (χ1) is 8.41. The average molecular weight is 265 g/mol. The molecule has 0 fully saturated rings. The van der Waals surface area contributed by atoms with E-state index in [-0.39, 0.29) is 16.9 Å². The van der Waals surface area contributed by atoms with Gasteiger partial charge in [-0.3, -0.25) is 9.59 Å². The van der Waals surface area contributed by atoms with Gasteiger partial charge in [0.05, 0.1) is 11.3 Å². The van der Waals surface area contributed by atoms with Crippen LogP contribution in [-0.2, 0) is 4.79 Å². The van der Waals surface area contributed by atoms with Crippen molar-refractivity contribution in [3.63, 3.8) is 0 Å². The van der Waals surface area contributed by atoms with Crippen molar-refractivity contribution in [2.24, 2.45) is 11.7 Å². The topological polar surface area (TPSA) is 84.2 Å². The molecule has 1 aromatic rings. The maximum absolute atomic E-state index is 11.4. The lowest BCUT2D eigenvalue weighted by atomic mass is 10.1. The molecule has 5 nitrogen and oxygen atoms in total. The standard InChI is InChI=1S/C12H15N3O2S/c1-7(2)11(17)15-12(18)14-9-6-4-3-5-8(9)10(13)16/h3-7H,1-2H3,(H2,13,16)(H2,14,15,17,18). The predicted octanol–water partition coefficient (Wildman–Crippen LogP) is 1.25. The first-order valence-electron chi connectivity index (χ1n) is 5.42. The van der Waals surface area contributed by atoms with E-state index in [4.69, 9.17) is 18.0 Å². The first kappa shape index (κ1) is 14.1. The lowest BCUT2D eigenvalue weighted by Crippen LogP contribution is -2.37. The number of para-hydroxylation sites is 1. The number of hydrogen-bond donors (Lipinski definition) is 3. The molecule has 0 radical (unpaired) electrons. The highest BCUT2D eigenvalue weighted by Crippen LogP contribution is 2.13. The summed E-state index contributed by atoms with van der Waals surface area (Å²) in [6.07, 6.45) is 0. The average Bonchev–Trinajstić information content (AvgIpc) is 2.28. The molecule has 18 heavy (non-hydrogen) atoms. The lowest BCUT2D eigenvalue weighted by molar-refractivity contribution is -0.122. The summed E-state index contributed by atoms with van der Waals surface area (Å²) in [7, 11) is 0. The van der Waals surface area contributed by atoms with Crippen molar-refractivity contribution in [3.05, 3.63) is 29.8 Å². The van der Waals surface area contributed by atoms with Gasteiger partial charge in [0.15, 0.2) is 5.11 Å². The quantitative estimate of drug-likeness (QED) is 0.718. The highest BCUT2D eigenvalue weighted by atomic mass is 32.1. The van der Waals surface area contributed by atoms with Crippen molar-refractivity contribution in [1.29, 1.82) is 0 Å². The normalized spacial score (nSPS) is 9.94. The van der Waals surface area contributed by atoms with Crippen LogP contribution in [0.15, 0.2) is 24.3 Å². The van der Waals surface area contributed by atoms with Gasteiger partial charge in [-0.25, -0.2) is 0 Å². The number of thiocarbonyl (C=S) groups is 1. The van der Waals surface area contributed by atoms with E-state index in [0.29, 0.717) is 11.3 Å². The third kappa shape index (κ3) is 3.81. The SMILES string of the molecule is CC(C)C(=O)NC(=S)Nc1ccccc1C(N)=O. The Balaban J connectivity index is 2.76. The van der Waals surface area contributed by atoms with Crippen molar-refractivity contribution >= 4 is 34.8 Å². The highest BCUT2D eigenvalue weighted by molar-refractivity contribution is 7.80. The van der Waals surface area contributed by atoms with Crippen molar-refractivity contribution in [2.45, 2.75) is 13.8 Å². The van der Waals surface area contributed by atoms with E-state index in [9.17, 15) is 9.59 Å². The first-order valence-corrected chi connectivity index (χ1v) is 5.83. The molecule has 0 aliphatic carbocycles. The van der Waals surface area contributed by atoms with Crippen LogP contribution in [0.4, 0.5) is 5.69 Å². The van der Waals surface area contributed by atoms with Crippen molar-refractivity contribution < 1.29 is 9.59 Å². The summed E-state index contributed by atoms with van der Waals surface area (Å²) in [5.74, 6) is -0.920. The van der Waals surface area contributed by atoms with Crippen molar-refractivity contribution in [1.82, 2.24) is 5.32 Å². The monoisotopic (exact) mass is 265 g/mol. The van der Waals surface area contributed by atoms with Gasteiger partial charge in [0.1, 0.15) is 0 Å².